The predicted octanol–water partition coefficient (Wildman–Crippen LogP) is 4.81. The molecule has 47 heavy (non-hydrogen) atoms. The third kappa shape index (κ3) is 8.37. The minimum absolute atomic E-state index is 0.00270. The first-order chi connectivity index (χ1) is 22.4. The molecule has 3 saturated heterocycles. The number of piperidine rings is 1. The van der Waals surface area contributed by atoms with Crippen LogP contribution in [0.5, 0.6) is 11.5 Å². The van der Waals surface area contributed by atoms with E-state index >= 15 is 0 Å². The number of benzene rings is 2. The Kier molecular flexibility index (Phi) is 10.3. The summed E-state index contributed by atoms with van der Waals surface area (Å²) in [5.74, 6) is 2.25. The lowest BCUT2D eigenvalue weighted by Gasteiger charge is -2.37. The molecule has 7 nitrogen and oxygen atoms in total. The molecular formula is C37H53F3N4O3+2. The molecule has 1 atom stereocenters. The van der Waals surface area contributed by atoms with Gasteiger partial charge >= 0.3 is 6.18 Å². The highest BCUT2D eigenvalue weighted by Gasteiger charge is 2.35. The minimum Gasteiger partial charge on any atom is -0.490 e. The molecule has 1 saturated carbocycles. The Balaban J connectivity index is 1.12. The summed E-state index contributed by atoms with van der Waals surface area (Å²) in [6, 6.07) is 10.1. The number of quaternary nitrogens is 2. The molecule has 4 aliphatic rings. The molecule has 0 unspecified atom stereocenters. The van der Waals surface area contributed by atoms with Crippen LogP contribution in [-0.2, 0) is 6.18 Å². The molecule has 3 aliphatic heterocycles. The summed E-state index contributed by atoms with van der Waals surface area (Å²) in [5.41, 5.74) is 2.02. The fourth-order valence-electron chi connectivity index (χ4n) is 7.95. The maximum Gasteiger partial charge on any atom is 0.416 e. The highest BCUT2D eigenvalue weighted by molar-refractivity contribution is 5.94. The highest BCUT2D eigenvalue weighted by atomic mass is 19.4. The Bertz CT molecular complexity index is 1370. The van der Waals surface area contributed by atoms with Crippen molar-refractivity contribution in [3.8, 4) is 11.5 Å². The van der Waals surface area contributed by atoms with E-state index < -0.39 is 11.7 Å². The molecule has 1 amide bonds. The average Bonchev–Trinajstić information content (AvgIpc) is 3.58. The number of carbonyl (C=O) groups excluding carboxylic acids is 1. The lowest BCUT2D eigenvalue weighted by atomic mass is 9.68. The van der Waals surface area contributed by atoms with E-state index in [9.17, 15) is 18.0 Å². The Labute approximate surface area is 277 Å². The van der Waals surface area contributed by atoms with Gasteiger partial charge < -0.3 is 29.9 Å². The number of carbonyl (C=O) groups is 1. The van der Waals surface area contributed by atoms with Gasteiger partial charge in [0.05, 0.1) is 38.3 Å². The summed E-state index contributed by atoms with van der Waals surface area (Å²) < 4.78 is 54.1. The SMILES string of the molecule is CC(C)(C)C1CCC(c2cc(C(=O)N3CCC(Oc4cc(N5CC[NH2+]CC5)cc(C(F)(F)F)c4)CC3)ccc2O[C@H]2CC[NH2+]C2)CC1. The van der Waals surface area contributed by atoms with E-state index in [1.54, 1.807) is 6.07 Å². The lowest BCUT2D eigenvalue weighted by molar-refractivity contribution is -0.655. The normalized spacial score (nSPS) is 24.8. The summed E-state index contributed by atoms with van der Waals surface area (Å²) >= 11 is 0. The maximum atomic E-state index is 13.8. The van der Waals surface area contributed by atoms with Crippen LogP contribution in [0.1, 0.15) is 93.1 Å². The fraction of sp³-hybridized carbons (Fsp3) is 0.649. The van der Waals surface area contributed by atoms with Crippen molar-refractivity contribution in [3.05, 3.63) is 53.1 Å². The van der Waals surface area contributed by atoms with Crippen molar-refractivity contribution < 1.29 is 38.1 Å². The van der Waals surface area contributed by atoms with Gasteiger partial charge in [-0.15, -0.1) is 0 Å². The summed E-state index contributed by atoms with van der Waals surface area (Å²) in [5, 5.41) is 4.47. The van der Waals surface area contributed by atoms with Gasteiger partial charge in [0.25, 0.3) is 5.91 Å². The van der Waals surface area contributed by atoms with Crippen LogP contribution in [0.25, 0.3) is 0 Å². The van der Waals surface area contributed by atoms with Crippen LogP contribution in [0, 0.1) is 11.3 Å². The molecule has 0 spiro atoms. The molecule has 0 bridgehead atoms. The molecule has 2 aromatic rings. The molecule has 3 heterocycles. The Hall–Kier alpha value is -2.98. The predicted molar refractivity (Wildman–Crippen MR) is 176 cm³/mol. The molecule has 6 rings (SSSR count). The van der Waals surface area contributed by atoms with E-state index in [2.05, 4.69) is 37.5 Å². The standard InChI is InChI=1S/C37H51F3N4O3/c1-36(2,3)27-7-4-25(5-8-27)33-20-26(6-9-34(33)47-31-10-13-42-24-31)35(45)44-16-11-30(12-17-44)46-32-22-28(37(38,39)40)21-29(23-32)43-18-14-41-15-19-43/h6,9,20-23,25,27,30-31,41-42H,4-5,7-8,10-19,24H2,1-3H3/p+2/t25?,27?,31-/m0/s1. The van der Waals surface area contributed by atoms with Gasteiger partial charge in [-0.25, -0.2) is 0 Å². The third-order valence-electron chi connectivity index (χ3n) is 10.9. The van der Waals surface area contributed by atoms with Crippen LogP contribution in [-0.4, -0.2) is 75.4 Å². The molecular weight excluding hydrogens is 605 g/mol. The van der Waals surface area contributed by atoms with E-state index in [1.165, 1.54) is 24.5 Å². The van der Waals surface area contributed by atoms with Gasteiger partial charge in [0.2, 0.25) is 0 Å². The zero-order valence-corrected chi connectivity index (χ0v) is 28.3. The van der Waals surface area contributed by atoms with Crippen LogP contribution in [0.4, 0.5) is 18.9 Å². The van der Waals surface area contributed by atoms with Crippen LogP contribution in [0.3, 0.4) is 0 Å². The number of nitrogens with two attached hydrogens (primary N) is 2. The lowest BCUT2D eigenvalue weighted by Crippen LogP contribution is -2.89. The van der Waals surface area contributed by atoms with Crippen molar-refractivity contribution in [2.75, 3.05) is 57.3 Å². The van der Waals surface area contributed by atoms with E-state index in [0.717, 1.165) is 57.3 Å². The number of anilines is 1. The van der Waals surface area contributed by atoms with Gasteiger partial charge in [0.1, 0.15) is 24.1 Å². The summed E-state index contributed by atoms with van der Waals surface area (Å²) in [7, 11) is 0. The number of alkyl halides is 3. The van der Waals surface area contributed by atoms with Crippen molar-refractivity contribution in [2.45, 2.75) is 90.0 Å². The summed E-state index contributed by atoms with van der Waals surface area (Å²) in [6.07, 6.45) is 2.23. The van der Waals surface area contributed by atoms with Crippen molar-refractivity contribution >= 4 is 11.6 Å². The van der Waals surface area contributed by atoms with E-state index in [4.69, 9.17) is 9.47 Å². The molecule has 4 N–H and O–H groups in total. The fourth-order valence-corrected chi connectivity index (χ4v) is 7.95. The Morgan fingerprint density at radius 3 is 2.15 bits per heavy atom. The molecule has 4 fully saturated rings. The van der Waals surface area contributed by atoms with Crippen LogP contribution in [0.15, 0.2) is 36.4 Å². The van der Waals surface area contributed by atoms with E-state index in [0.29, 0.717) is 67.5 Å². The number of halogens is 3. The Morgan fingerprint density at radius 2 is 1.51 bits per heavy atom. The van der Waals surface area contributed by atoms with Gasteiger partial charge in [0, 0.05) is 49.7 Å². The van der Waals surface area contributed by atoms with Crippen LogP contribution in [0.2, 0.25) is 0 Å². The molecule has 2 aromatic carbocycles. The van der Waals surface area contributed by atoms with Crippen molar-refractivity contribution in [2.24, 2.45) is 11.3 Å². The summed E-state index contributed by atoms with van der Waals surface area (Å²) in [4.78, 5) is 17.7. The monoisotopic (exact) mass is 658 g/mol. The second-order valence-electron chi connectivity index (χ2n) is 15.2. The molecule has 1 aliphatic carbocycles. The maximum absolute atomic E-state index is 13.8. The number of likely N-dealkylation sites (tertiary alicyclic amines) is 1. The van der Waals surface area contributed by atoms with Crippen LogP contribution < -0.4 is 25.0 Å². The molecule has 0 radical (unpaired) electrons. The largest absolute Gasteiger partial charge is 0.490 e. The number of piperazine rings is 1. The first-order valence-electron chi connectivity index (χ1n) is 17.8. The van der Waals surface area contributed by atoms with Crippen molar-refractivity contribution in [1.82, 2.24) is 4.90 Å². The van der Waals surface area contributed by atoms with Gasteiger partial charge in [-0.1, -0.05) is 20.8 Å². The number of ether oxygens (including phenoxy) is 2. The second kappa shape index (κ2) is 14.2. The Morgan fingerprint density at radius 1 is 0.787 bits per heavy atom. The van der Waals surface area contributed by atoms with Gasteiger partial charge in [-0.2, -0.15) is 13.2 Å². The topological polar surface area (TPSA) is 75.2 Å². The number of amides is 1. The quantitative estimate of drug-likeness (QED) is 0.448. The van der Waals surface area contributed by atoms with Crippen LogP contribution >= 0.6 is 0 Å². The number of nitrogens with zero attached hydrogens (tertiary/aromatic N) is 2. The minimum atomic E-state index is -4.45. The van der Waals surface area contributed by atoms with Gasteiger partial charge in [0.15, 0.2) is 6.10 Å². The van der Waals surface area contributed by atoms with Gasteiger partial charge in [-0.3, -0.25) is 4.79 Å². The third-order valence-corrected chi connectivity index (χ3v) is 10.9. The zero-order valence-electron chi connectivity index (χ0n) is 28.3. The summed E-state index contributed by atoms with van der Waals surface area (Å²) in [6.45, 7) is 13.2. The second-order valence-corrected chi connectivity index (χ2v) is 15.2. The average molecular weight is 659 g/mol. The van der Waals surface area contributed by atoms with E-state index in [1.807, 2.05) is 21.9 Å². The van der Waals surface area contributed by atoms with Crippen molar-refractivity contribution in [3.63, 3.8) is 0 Å². The highest BCUT2D eigenvalue weighted by Crippen LogP contribution is 2.45. The van der Waals surface area contributed by atoms with E-state index in [-0.39, 0.29) is 23.9 Å². The molecule has 258 valence electrons. The first kappa shape index (κ1) is 33.9. The molecule has 10 heteroatoms. The number of rotatable bonds is 7. The van der Waals surface area contributed by atoms with Crippen molar-refractivity contribution in [1.29, 1.82) is 0 Å². The zero-order chi connectivity index (χ0) is 33.2. The number of hydrogen-bond donors (Lipinski definition) is 2. The smallest absolute Gasteiger partial charge is 0.416 e. The number of hydrogen-bond acceptors (Lipinski definition) is 4. The first-order valence-corrected chi connectivity index (χ1v) is 17.8. The molecule has 0 aromatic heterocycles. The van der Waals surface area contributed by atoms with Gasteiger partial charge in [-0.05, 0) is 78.8 Å².